The number of rotatable bonds is 6. The summed E-state index contributed by atoms with van der Waals surface area (Å²) in [5.74, 6) is 0.0490. The fraction of sp³-hybridized carbons (Fsp3) is 0.318. The molecule has 0 aliphatic carbocycles. The summed E-state index contributed by atoms with van der Waals surface area (Å²) in [5, 5.41) is 4.18. The molecule has 0 aliphatic rings. The minimum absolute atomic E-state index is 0.0490. The van der Waals surface area contributed by atoms with Gasteiger partial charge in [0.2, 0.25) is 5.91 Å². The van der Waals surface area contributed by atoms with E-state index in [0.29, 0.717) is 13.0 Å². The smallest absolute Gasteiger partial charge is 0.224 e. The number of aryl methyl sites for hydroxylation is 2. The first-order chi connectivity index (χ1) is 12.4. The number of hydrogen-bond acceptors (Lipinski definition) is 2. The Balaban J connectivity index is 1.63. The van der Waals surface area contributed by atoms with Crippen LogP contribution in [0.3, 0.4) is 0 Å². The molecule has 1 amide bonds. The fourth-order valence-corrected chi connectivity index (χ4v) is 3.28. The molecule has 1 aromatic heterocycles. The molecule has 0 fully saturated rings. The number of carbonyl (C=O) groups is 1. The van der Waals surface area contributed by atoms with E-state index in [1.54, 1.807) is 0 Å². The maximum atomic E-state index is 12.4. The molecule has 136 valence electrons. The highest BCUT2D eigenvalue weighted by Gasteiger charge is 2.12. The van der Waals surface area contributed by atoms with E-state index in [4.69, 9.17) is 0 Å². The fourth-order valence-electron chi connectivity index (χ4n) is 3.28. The highest BCUT2D eigenvalue weighted by Crippen LogP contribution is 2.23. The lowest BCUT2D eigenvalue weighted by atomic mass is 10.1. The summed E-state index contributed by atoms with van der Waals surface area (Å²) in [6, 6.07) is 14.7. The molecule has 3 aromatic rings. The van der Waals surface area contributed by atoms with Crippen molar-refractivity contribution in [3.8, 4) is 0 Å². The van der Waals surface area contributed by atoms with Gasteiger partial charge in [-0.3, -0.25) is 4.79 Å². The molecule has 26 heavy (non-hydrogen) atoms. The van der Waals surface area contributed by atoms with E-state index in [1.165, 1.54) is 11.1 Å². The van der Waals surface area contributed by atoms with Crippen molar-refractivity contribution >= 4 is 16.8 Å². The summed E-state index contributed by atoms with van der Waals surface area (Å²) >= 11 is 0. The van der Waals surface area contributed by atoms with Crippen LogP contribution in [0.5, 0.6) is 0 Å². The number of hydrogen-bond donors (Lipinski definition) is 2. The molecular formula is C22H27N3O. The molecule has 4 heteroatoms. The SMILES string of the molecule is Cc1ccc2[nH]c(C)c(CC(=O)NCc3ccc(CN(C)C)cc3)c2c1. The van der Waals surface area contributed by atoms with Crippen LogP contribution in [-0.2, 0) is 24.3 Å². The van der Waals surface area contributed by atoms with Gasteiger partial charge < -0.3 is 15.2 Å². The molecule has 3 rings (SSSR count). The number of aromatic nitrogens is 1. The molecular weight excluding hydrogens is 322 g/mol. The zero-order valence-electron chi connectivity index (χ0n) is 16.0. The Hall–Kier alpha value is -2.59. The van der Waals surface area contributed by atoms with Crippen LogP contribution >= 0.6 is 0 Å². The minimum atomic E-state index is 0.0490. The number of fused-ring (bicyclic) bond motifs is 1. The van der Waals surface area contributed by atoms with Gasteiger partial charge in [0, 0.05) is 29.7 Å². The molecule has 2 aromatic carbocycles. The Labute approximate surface area is 155 Å². The molecule has 0 bridgehead atoms. The molecule has 0 aliphatic heterocycles. The topological polar surface area (TPSA) is 48.1 Å². The molecule has 4 nitrogen and oxygen atoms in total. The summed E-state index contributed by atoms with van der Waals surface area (Å²) in [6.07, 6.45) is 0.397. The van der Waals surface area contributed by atoms with Crippen molar-refractivity contribution in [3.63, 3.8) is 0 Å². The van der Waals surface area contributed by atoms with Crippen molar-refractivity contribution in [2.75, 3.05) is 14.1 Å². The predicted molar refractivity (Wildman–Crippen MR) is 107 cm³/mol. The van der Waals surface area contributed by atoms with Gasteiger partial charge in [-0.25, -0.2) is 0 Å². The second-order valence-electron chi connectivity index (χ2n) is 7.29. The summed E-state index contributed by atoms with van der Waals surface area (Å²) in [4.78, 5) is 18.0. The molecule has 0 unspecified atom stereocenters. The van der Waals surface area contributed by atoms with Gasteiger partial charge in [0.15, 0.2) is 0 Å². The molecule has 1 heterocycles. The Kier molecular flexibility index (Phi) is 5.43. The molecule has 0 saturated carbocycles. The van der Waals surface area contributed by atoms with Crippen molar-refractivity contribution in [1.82, 2.24) is 15.2 Å². The maximum absolute atomic E-state index is 12.4. The second kappa shape index (κ2) is 7.75. The van der Waals surface area contributed by atoms with E-state index in [1.807, 2.05) is 6.92 Å². The van der Waals surface area contributed by atoms with Gasteiger partial charge in [0.05, 0.1) is 6.42 Å². The van der Waals surface area contributed by atoms with Crippen molar-refractivity contribution in [3.05, 3.63) is 70.4 Å². The van der Waals surface area contributed by atoms with Gasteiger partial charge in [0.1, 0.15) is 0 Å². The predicted octanol–water partition coefficient (Wildman–Crippen LogP) is 3.71. The third kappa shape index (κ3) is 4.33. The van der Waals surface area contributed by atoms with Gasteiger partial charge >= 0.3 is 0 Å². The number of amides is 1. The summed E-state index contributed by atoms with van der Waals surface area (Å²) in [7, 11) is 4.12. The number of nitrogens with one attached hydrogen (secondary N) is 2. The van der Waals surface area contributed by atoms with Crippen LogP contribution in [0, 0.1) is 13.8 Å². The van der Waals surface area contributed by atoms with E-state index in [2.05, 4.69) is 78.7 Å². The van der Waals surface area contributed by atoms with Crippen molar-refractivity contribution in [2.45, 2.75) is 33.4 Å². The van der Waals surface area contributed by atoms with Gasteiger partial charge in [0.25, 0.3) is 0 Å². The van der Waals surface area contributed by atoms with Crippen molar-refractivity contribution < 1.29 is 4.79 Å². The molecule has 0 spiro atoms. The monoisotopic (exact) mass is 349 g/mol. The molecule has 2 N–H and O–H groups in total. The van der Waals surface area contributed by atoms with E-state index < -0.39 is 0 Å². The van der Waals surface area contributed by atoms with Gasteiger partial charge in [-0.1, -0.05) is 35.9 Å². The lowest BCUT2D eigenvalue weighted by Crippen LogP contribution is -2.24. The van der Waals surface area contributed by atoms with E-state index >= 15 is 0 Å². The van der Waals surface area contributed by atoms with Gasteiger partial charge in [-0.2, -0.15) is 0 Å². The molecule has 0 atom stereocenters. The maximum Gasteiger partial charge on any atom is 0.224 e. The quantitative estimate of drug-likeness (QED) is 0.713. The first kappa shape index (κ1) is 18.2. The average Bonchev–Trinajstić information content (AvgIpc) is 2.89. The highest BCUT2D eigenvalue weighted by atomic mass is 16.1. The molecule has 0 saturated heterocycles. The average molecular weight is 349 g/mol. The van der Waals surface area contributed by atoms with E-state index in [9.17, 15) is 4.79 Å². The normalized spacial score (nSPS) is 11.3. The Bertz CT molecular complexity index is 907. The number of nitrogens with zero attached hydrogens (tertiary/aromatic N) is 1. The van der Waals surface area contributed by atoms with Crippen LogP contribution in [0.2, 0.25) is 0 Å². The lowest BCUT2D eigenvalue weighted by molar-refractivity contribution is -0.120. The highest BCUT2D eigenvalue weighted by molar-refractivity contribution is 5.90. The third-order valence-electron chi connectivity index (χ3n) is 4.62. The number of carbonyl (C=O) groups excluding carboxylic acids is 1. The minimum Gasteiger partial charge on any atom is -0.358 e. The Morgan fingerprint density at radius 2 is 1.73 bits per heavy atom. The first-order valence-electron chi connectivity index (χ1n) is 8.99. The second-order valence-corrected chi connectivity index (χ2v) is 7.29. The number of aromatic amines is 1. The Morgan fingerprint density at radius 3 is 2.42 bits per heavy atom. The standard InChI is InChI=1S/C22H27N3O/c1-15-5-10-21-20(11-15)19(16(2)24-21)12-22(26)23-13-17-6-8-18(9-7-17)14-25(3)4/h5-11,24H,12-14H2,1-4H3,(H,23,26). The number of benzene rings is 2. The van der Waals surface area contributed by atoms with Crippen LogP contribution in [-0.4, -0.2) is 29.9 Å². The Morgan fingerprint density at radius 1 is 1.04 bits per heavy atom. The van der Waals surface area contributed by atoms with Crippen LogP contribution < -0.4 is 5.32 Å². The van der Waals surface area contributed by atoms with Gasteiger partial charge in [-0.15, -0.1) is 0 Å². The first-order valence-corrected chi connectivity index (χ1v) is 8.99. The largest absolute Gasteiger partial charge is 0.358 e. The summed E-state index contributed by atoms with van der Waals surface area (Å²) in [5.41, 5.74) is 6.84. The van der Waals surface area contributed by atoms with Gasteiger partial charge in [-0.05, 0) is 56.8 Å². The lowest BCUT2D eigenvalue weighted by Gasteiger charge is -2.10. The summed E-state index contributed by atoms with van der Waals surface area (Å²) in [6.45, 7) is 5.58. The van der Waals surface area contributed by atoms with E-state index in [-0.39, 0.29) is 5.91 Å². The van der Waals surface area contributed by atoms with Crippen LogP contribution in [0.1, 0.15) is 27.9 Å². The van der Waals surface area contributed by atoms with E-state index in [0.717, 1.165) is 34.3 Å². The van der Waals surface area contributed by atoms with Crippen molar-refractivity contribution in [2.24, 2.45) is 0 Å². The number of H-pyrrole nitrogens is 1. The van der Waals surface area contributed by atoms with Crippen LogP contribution in [0.15, 0.2) is 42.5 Å². The zero-order chi connectivity index (χ0) is 18.7. The van der Waals surface area contributed by atoms with Crippen LogP contribution in [0.25, 0.3) is 10.9 Å². The van der Waals surface area contributed by atoms with Crippen LogP contribution in [0.4, 0.5) is 0 Å². The summed E-state index contributed by atoms with van der Waals surface area (Å²) < 4.78 is 0. The zero-order valence-corrected chi connectivity index (χ0v) is 16.0. The third-order valence-corrected chi connectivity index (χ3v) is 4.62. The van der Waals surface area contributed by atoms with Crippen molar-refractivity contribution in [1.29, 1.82) is 0 Å². The molecule has 0 radical (unpaired) electrons.